The Bertz CT molecular complexity index is 724. The van der Waals surface area contributed by atoms with Crippen molar-refractivity contribution >= 4 is 27.3 Å². The molecule has 0 fully saturated rings. The molecule has 0 radical (unpaired) electrons. The van der Waals surface area contributed by atoms with Crippen LogP contribution < -0.4 is 4.72 Å². The normalized spacial score (nSPS) is 11.6. The molecule has 8 heteroatoms. The van der Waals surface area contributed by atoms with Crippen LogP contribution in [0.5, 0.6) is 0 Å². The van der Waals surface area contributed by atoms with Crippen molar-refractivity contribution in [3.63, 3.8) is 0 Å². The summed E-state index contributed by atoms with van der Waals surface area (Å²) in [5.41, 5.74) is 1.78. The Morgan fingerprint density at radius 3 is 2.58 bits per heavy atom. The van der Waals surface area contributed by atoms with E-state index < -0.39 is 10.0 Å². The zero-order valence-corrected chi connectivity index (χ0v) is 12.2. The number of rotatable bonds is 3. The van der Waals surface area contributed by atoms with Crippen molar-refractivity contribution in [1.82, 2.24) is 14.8 Å². The third-order valence-electron chi connectivity index (χ3n) is 2.77. The lowest BCUT2D eigenvalue weighted by Crippen LogP contribution is -2.14. The highest BCUT2D eigenvalue weighted by Crippen LogP contribution is 2.25. The lowest BCUT2D eigenvalue weighted by molar-refractivity contribution is 0.600. The fourth-order valence-corrected chi connectivity index (χ4v) is 3.28. The van der Waals surface area contributed by atoms with E-state index in [1.165, 1.54) is 18.5 Å². The van der Waals surface area contributed by atoms with E-state index in [1.807, 2.05) is 0 Å². The Kier molecular flexibility index (Phi) is 3.51. The van der Waals surface area contributed by atoms with E-state index in [0.717, 1.165) is 5.69 Å². The summed E-state index contributed by atoms with van der Waals surface area (Å²) in [5.74, 6) is 0. The molecule has 1 N–H and O–H groups in total. The van der Waals surface area contributed by atoms with Crippen molar-refractivity contribution in [3.05, 3.63) is 34.9 Å². The van der Waals surface area contributed by atoms with Gasteiger partial charge in [0.15, 0.2) is 0 Å². The van der Waals surface area contributed by atoms with E-state index in [1.54, 1.807) is 25.6 Å². The number of aromatic nitrogens is 3. The summed E-state index contributed by atoms with van der Waals surface area (Å²) in [7, 11) is -2.03. The Hall–Kier alpha value is -1.60. The molecule has 0 unspecified atom stereocenters. The van der Waals surface area contributed by atoms with Crippen LogP contribution in [-0.4, -0.2) is 23.2 Å². The number of hydrogen-bond acceptors (Lipinski definition) is 4. The predicted molar refractivity (Wildman–Crippen MR) is 72.7 cm³/mol. The van der Waals surface area contributed by atoms with Crippen LogP contribution in [0.15, 0.2) is 23.4 Å². The summed E-state index contributed by atoms with van der Waals surface area (Å²) in [6, 6.07) is 1.43. The Morgan fingerprint density at radius 1 is 1.37 bits per heavy atom. The summed E-state index contributed by atoms with van der Waals surface area (Å²) in [5, 5.41) is 4.28. The monoisotopic (exact) mass is 300 g/mol. The number of nitrogens with one attached hydrogen (secondary N) is 1. The highest BCUT2D eigenvalue weighted by atomic mass is 35.5. The van der Waals surface area contributed by atoms with Crippen LogP contribution in [0.25, 0.3) is 0 Å². The van der Waals surface area contributed by atoms with Crippen molar-refractivity contribution in [2.75, 3.05) is 4.72 Å². The van der Waals surface area contributed by atoms with Gasteiger partial charge in [0, 0.05) is 19.4 Å². The molecule has 0 atom stereocenters. The van der Waals surface area contributed by atoms with Gasteiger partial charge in [0.25, 0.3) is 10.0 Å². The number of pyridine rings is 1. The van der Waals surface area contributed by atoms with E-state index in [-0.39, 0.29) is 9.92 Å². The van der Waals surface area contributed by atoms with Gasteiger partial charge in [-0.15, -0.1) is 0 Å². The molecule has 2 heterocycles. The molecule has 2 rings (SSSR count). The maximum absolute atomic E-state index is 12.3. The third kappa shape index (κ3) is 2.57. The number of aryl methyl sites for hydroxylation is 2. The quantitative estimate of drug-likeness (QED) is 0.939. The van der Waals surface area contributed by atoms with Gasteiger partial charge < -0.3 is 0 Å². The first-order valence-corrected chi connectivity index (χ1v) is 7.31. The summed E-state index contributed by atoms with van der Waals surface area (Å²) in [6.45, 7) is 3.51. The minimum atomic E-state index is -3.77. The second-order valence-electron chi connectivity index (χ2n) is 4.08. The van der Waals surface area contributed by atoms with Gasteiger partial charge in [0.05, 0.1) is 22.1 Å². The first-order valence-electron chi connectivity index (χ1n) is 5.45. The lowest BCUT2D eigenvalue weighted by atomic mass is 10.3. The van der Waals surface area contributed by atoms with Crippen LogP contribution in [0.4, 0.5) is 5.69 Å². The number of sulfonamides is 1. The van der Waals surface area contributed by atoms with E-state index in [4.69, 9.17) is 11.6 Å². The van der Waals surface area contributed by atoms with Gasteiger partial charge in [-0.25, -0.2) is 8.42 Å². The Balaban J connectivity index is 2.46. The SMILES string of the molecule is Cc1nn(C)c(C)c1NS(=O)(=O)c1cnccc1Cl. The fourth-order valence-electron chi connectivity index (χ4n) is 1.67. The topological polar surface area (TPSA) is 76.9 Å². The van der Waals surface area contributed by atoms with Crippen molar-refractivity contribution in [1.29, 1.82) is 0 Å². The first kappa shape index (κ1) is 13.8. The molecule has 0 aliphatic rings. The summed E-state index contributed by atoms with van der Waals surface area (Å²) >= 11 is 5.88. The van der Waals surface area contributed by atoms with Gasteiger partial charge in [0.2, 0.25) is 0 Å². The third-order valence-corrected chi connectivity index (χ3v) is 4.59. The van der Waals surface area contributed by atoms with Gasteiger partial charge in [-0.1, -0.05) is 11.6 Å². The zero-order valence-electron chi connectivity index (χ0n) is 10.7. The van der Waals surface area contributed by atoms with Crippen LogP contribution in [-0.2, 0) is 17.1 Å². The molecule has 0 saturated heterocycles. The number of nitrogens with zero attached hydrogens (tertiary/aromatic N) is 3. The van der Waals surface area contributed by atoms with Gasteiger partial charge in [-0.2, -0.15) is 5.10 Å². The minimum Gasteiger partial charge on any atom is -0.276 e. The van der Waals surface area contributed by atoms with Crippen LogP contribution in [0.2, 0.25) is 5.02 Å². The summed E-state index contributed by atoms with van der Waals surface area (Å²) in [4.78, 5) is 3.72. The van der Waals surface area contributed by atoms with Crippen LogP contribution in [0.3, 0.4) is 0 Å². The van der Waals surface area contributed by atoms with Gasteiger partial charge in [-0.3, -0.25) is 14.4 Å². The van der Waals surface area contributed by atoms with Crippen molar-refractivity contribution in [2.45, 2.75) is 18.7 Å². The molecule has 0 bridgehead atoms. The van der Waals surface area contributed by atoms with Gasteiger partial charge in [-0.05, 0) is 19.9 Å². The smallest absolute Gasteiger partial charge is 0.265 e. The summed E-state index contributed by atoms with van der Waals surface area (Å²) in [6.07, 6.45) is 2.65. The largest absolute Gasteiger partial charge is 0.276 e. The molecular formula is C11H13ClN4O2S. The van der Waals surface area contributed by atoms with Crippen LogP contribution in [0, 0.1) is 13.8 Å². The van der Waals surface area contributed by atoms with Gasteiger partial charge in [0.1, 0.15) is 4.90 Å². The second kappa shape index (κ2) is 4.82. The highest BCUT2D eigenvalue weighted by molar-refractivity contribution is 7.92. The van der Waals surface area contributed by atoms with Crippen molar-refractivity contribution < 1.29 is 8.42 Å². The molecule has 0 aliphatic carbocycles. The molecule has 0 spiro atoms. The molecule has 0 amide bonds. The molecule has 0 aromatic carbocycles. The van der Waals surface area contributed by atoms with Gasteiger partial charge >= 0.3 is 0 Å². The van der Waals surface area contributed by atoms with Crippen LogP contribution >= 0.6 is 11.6 Å². The zero-order chi connectivity index (χ0) is 14.2. The Morgan fingerprint density at radius 2 is 2.05 bits per heavy atom. The minimum absolute atomic E-state index is 0.0562. The molecule has 19 heavy (non-hydrogen) atoms. The summed E-state index contributed by atoms with van der Waals surface area (Å²) < 4.78 is 28.6. The molecule has 102 valence electrons. The average molecular weight is 301 g/mol. The van der Waals surface area contributed by atoms with Crippen LogP contribution in [0.1, 0.15) is 11.4 Å². The molecule has 0 aliphatic heterocycles. The standard InChI is InChI=1S/C11H13ClN4O2S/c1-7-11(8(2)16(3)14-7)15-19(17,18)10-6-13-5-4-9(10)12/h4-6,15H,1-3H3. The Labute approximate surface area is 116 Å². The first-order chi connectivity index (χ1) is 8.83. The van der Waals surface area contributed by atoms with E-state index in [9.17, 15) is 8.42 Å². The molecule has 2 aromatic rings. The van der Waals surface area contributed by atoms with Crippen molar-refractivity contribution in [2.24, 2.45) is 7.05 Å². The number of anilines is 1. The fraction of sp³-hybridized carbons (Fsp3) is 0.273. The van der Waals surface area contributed by atoms with Crippen molar-refractivity contribution in [3.8, 4) is 0 Å². The highest BCUT2D eigenvalue weighted by Gasteiger charge is 2.21. The lowest BCUT2D eigenvalue weighted by Gasteiger charge is -2.09. The molecule has 2 aromatic heterocycles. The molecule has 0 saturated carbocycles. The molecule has 6 nitrogen and oxygen atoms in total. The van der Waals surface area contributed by atoms with E-state index in [2.05, 4.69) is 14.8 Å². The van der Waals surface area contributed by atoms with E-state index in [0.29, 0.717) is 11.4 Å². The number of halogens is 1. The molecular weight excluding hydrogens is 288 g/mol. The number of hydrogen-bond donors (Lipinski definition) is 1. The van der Waals surface area contributed by atoms with E-state index >= 15 is 0 Å². The maximum atomic E-state index is 12.3. The average Bonchev–Trinajstić information content (AvgIpc) is 2.56. The maximum Gasteiger partial charge on any atom is 0.265 e. The predicted octanol–water partition coefficient (Wildman–Crippen LogP) is 1.89. The second-order valence-corrected chi connectivity index (χ2v) is 6.14.